The summed E-state index contributed by atoms with van der Waals surface area (Å²) in [7, 11) is 0. The average Bonchev–Trinajstić information content (AvgIpc) is 3.00. The van der Waals surface area contributed by atoms with Crippen LogP contribution in [0.4, 0.5) is 0 Å². The van der Waals surface area contributed by atoms with E-state index < -0.39 is 0 Å². The van der Waals surface area contributed by atoms with Gasteiger partial charge >= 0.3 is 0 Å². The molecule has 0 radical (unpaired) electrons. The molecule has 0 bridgehead atoms. The molecule has 0 saturated carbocycles. The molecule has 0 unspecified atom stereocenters. The van der Waals surface area contributed by atoms with E-state index in [0.29, 0.717) is 0 Å². The van der Waals surface area contributed by atoms with Crippen LogP contribution in [-0.4, -0.2) is 0 Å². The quantitative estimate of drug-likeness (QED) is 0.165. The van der Waals surface area contributed by atoms with E-state index in [-0.39, 0.29) is 0 Å². The smallest absolute Gasteiger partial charge is 0.00143 e. The molecular weight excluding hydrogens is 504 g/mol. The second kappa shape index (κ2) is 9.06. The molecule has 0 spiro atoms. The molecule has 42 heavy (non-hydrogen) atoms. The molecule has 2 aliphatic carbocycles. The number of benzene rings is 5. The van der Waals surface area contributed by atoms with Crippen LogP contribution in [0.2, 0.25) is 0 Å². The van der Waals surface area contributed by atoms with Gasteiger partial charge in [0.25, 0.3) is 0 Å². The second-order valence-electron chi connectivity index (χ2n) is 14.0. The molecule has 0 heterocycles. The van der Waals surface area contributed by atoms with Gasteiger partial charge in [0.15, 0.2) is 0 Å². The number of aryl methyl sites for hydroxylation is 4. The van der Waals surface area contributed by atoms with Crippen LogP contribution in [0.1, 0.15) is 111 Å². The zero-order valence-corrected chi connectivity index (χ0v) is 28.0. The lowest BCUT2D eigenvalue weighted by atomic mass is 9.73. The van der Waals surface area contributed by atoms with Crippen LogP contribution < -0.4 is 0 Å². The van der Waals surface area contributed by atoms with Gasteiger partial charge < -0.3 is 0 Å². The predicted octanol–water partition coefficient (Wildman–Crippen LogP) is 10.7. The maximum atomic E-state index is 2.57. The van der Waals surface area contributed by atoms with Crippen molar-refractivity contribution in [2.75, 3.05) is 0 Å². The van der Waals surface area contributed by atoms with Crippen molar-refractivity contribution in [2.24, 2.45) is 0 Å². The van der Waals surface area contributed by atoms with E-state index in [1.807, 2.05) is 0 Å². The molecule has 0 fully saturated rings. The summed E-state index contributed by atoms with van der Waals surface area (Å²) in [5.74, 6) is 0. The normalized spacial score (nSPS) is 13.8. The Bertz CT molecular complexity index is 1780. The summed E-state index contributed by atoms with van der Waals surface area (Å²) < 4.78 is 0. The molecule has 2 aliphatic rings. The summed E-state index contributed by atoms with van der Waals surface area (Å²) >= 11 is 0. The minimum absolute atomic E-state index is 1.06. The zero-order chi connectivity index (χ0) is 30.1. The van der Waals surface area contributed by atoms with Crippen molar-refractivity contribution >= 4 is 21.5 Å². The third-order valence-electron chi connectivity index (χ3n) is 12.6. The molecule has 0 N–H and O–H groups in total. The summed E-state index contributed by atoms with van der Waals surface area (Å²) in [5, 5.41) is 5.82. The molecule has 0 nitrogen and oxygen atoms in total. The Hall–Kier alpha value is -3.38. The Morgan fingerprint density at radius 2 is 0.405 bits per heavy atom. The Labute approximate surface area is 253 Å². The molecule has 5 aromatic rings. The van der Waals surface area contributed by atoms with Crippen LogP contribution in [0.15, 0.2) is 12.1 Å². The Morgan fingerprint density at radius 1 is 0.238 bits per heavy atom. The van der Waals surface area contributed by atoms with Crippen LogP contribution in [0, 0.1) is 83.1 Å². The molecule has 0 saturated heterocycles. The topological polar surface area (TPSA) is 0 Å². The van der Waals surface area contributed by atoms with Crippen LogP contribution in [0.3, 0.4) is 0 Å². The van der Waals surface area contributed by atoms with Crippen molar-refractivity contribution in [1.29, 1.82) is 0 Å². The fourth-order valence-electron chi connectivity index (χ4n) is 8.95. The van der Waals surface area contributed by atoms with Crippen molar-refractivity contribution in [1.82, 2.24) is 0 Å². The lowest BCUT2D eigenvalue weighted by Crippen LogP contribution is -2.17. The number of rotatable bonds is 0. The van der Waals surface area contributed by atoms with Gasteiger partial charge in [-0.15, -0.1) is 0 Å². The molecule has 7 rings (SSSR count). The summed E-state index contributed by atoms with van der Waals surface area (Å²) in [4.78, 5) is 0. The number of fused-ring (bicyclic) bond motifs is 6. The predicted molar refractivity (Wildman–Crippen MR) is 182 cm³/mol. The van der Waals surface area contributed by atoms with Gasteiger partial charge in [-0.05, 0) is 254 Å². The first-order valence-corrected chi connectivity index (χ1v) is 16.0. The fraction of sp³-hybridized carbons (Fsp3) is 0.381. The lowest BCUT2D eigenvalue weighted by molar-refractivity contribution is 0.939. The molecule has 0 amide bonds. The molecule has 5 aromatic carbocycles. The van der Waals surface area contributed by atoms with Crippen LogP contribution in [-0.2, 0) is 25.7 Å². The molecule has 214 valence electrons. The van der Waals surface area contributed by atoms with Crippen molar-refractivity contribution < 1.29 is 0 Å². The summed E-state index contributed by atoms with van der Waals surface area (Å²) in [6.07, 6.45) is 4.26. The van der Waals surface area contributed by atoms with E-state index in [1.165, 1.54) is 88.3 Å². The van der Waals surface area contributed by atoms with Crippen molar-refractivity contribution in [3.63, 3.8) is 0 Å². The number of hydrogen-bond acceptors (Lipinski definition) is 0. The molecule has 0 heteroatoms. The standard InChI is InChI=1S/C42H46/c1-19-20(2)24(6)32-14-36-28(10)40-18-42-30(12)38-16-34-26(8)22(4)21(3)25(7)33(34)15-37(38)29(11)41(42)17-39(40)27(9)35(36)13-31(32)23(19)5/h17-18H,13-16H2,1-12H3. The first-order chi connectivity index (χ1) is 19.8. The van der Waals surface area contributed by atoms with Gasteiger partial charge in [0.05, 0.1) is 0 Å². The minimum Gasteiger partial charge on any atom is -0.0459 e. The highest BCUT2D eigenvalue weighted by atomic mass is 14.3. The first-order valence-electron chi connectivity index (χ1n) is 16.0. The summed E-state index contributed by atoms with van der Waals surface area (Å²) in [6, 6.07) is 5.13. The SMILES string of the molecule is Cc1c(C)c(C)c2c(c1C)Cc1c(c(C)c3cc4c(C)c5c(c(C)c4cc3c1C)Cc1c(C)c(C)c(C)c(C)c1C5)C2. The average molecular weight is 551 g/mol. The van der Waals surface area contributed by atoms with E-state index in [0.717, 1.165) is 25.7 Å². The highest BCUT2D eigenvalue weighted by Crippen LogP contribution is 2.45. The maximum absolute atomic E-state index is 2.57. The Kier molecular flexibility index (Phi) is 5.92. The van der Waals surface area contributed by atoms with Crippen molar-refractivity contribution in [3.8, 4) is 0 Å². The monoisotopic (exact) mass is 550 g/mol. The van der Waals surface area contributed by atoms with Crippen LogP contribution in [0.25, 0.3) is 21.5 Å². The van der Waals surface area contributed by atoms with Gasteiger partial charge in [-0.2, -0.15) is 0 Å². The van der Waals surface area contributed by atoms with Gasteiger partial charge in [0.2, 0.25) is 0 Å². The molecular formula is C42H46. The number of hydrogen-bond donors (Lipinski definition) is 0. The van der Waals surface area contributed by atoms with Gasteiger partial charge in [0, 0.05) is 0 Å². The van der Waals surface area contributed by atoms with Crippen LogP contribution in [0.5, 0.6) is 0 Å². The maximum Gasteiger partial charge on any atom is -0.00143 e. The fourth-order valence-corrected chi connectivity index (χ4v) is 8.95. The van der Waals surface area contributed by atoms with Gasteiger partial charge in [0.1, 0.15) is 0 Å². The van der Waals surface area contributed by atoms with E-state index in [1.54, 1.807) is 44.5 Å². The third-order valence-corrected chi connectivity index (χ3v) is 12.6. The summed E-state index contributed by atoms with van der Waals surface area (Å²) in [5.41, 5.74) is 30.5. The van der Waals surface area contributed by atoms with E-state index in [9.17, 15) is 0 Å². The van der Waals surface area contributed by atoms with Gasteiger partial charge in [-0.25, -0.2) is 0 Å². The third kappa shape index (κ3) is 3.42. The molecule has 0 aromatic heterocycles. The Morgan fingerprint density at radius 3 is 0.595 bits per heavy atom. The largest absolute Gasteiger partial charge is 0.0459 e. The van der Waals surface area contributed by atoms with Crippen molar-refractivity contribution in [3.05, 3.63) is 123 Å². The van der Waals surface area contributed by atoms with Crippen molar-refractivity contribution in [2.45, 2.75) is 109 Å². The highest BCUT2D eigenvalue weighted by molar-refractivity contribution is 6.05. The first kappa shape index (κ1) is 27.5. The molecule has 0 aliphatic heterocycles. The minimum atomic E-state index is 1.06. The van der Waals surface area contributed by atoms with E-state index in [2.05, 4.69) is 95.2 Å². The van der Waals surface area contributed by atoms with Crippen LogP contribution >= 0.6 is 0 Å². The second-order valence-corrected chi connectivity index (χ2v) is 14.0. The summed E-state index contributed by atoms with van der Waals surface area (Å²) in [6.45, 7) is 28.2. The Balaban J connectivity index is 1.48. The van der Waals surface area contributed by atoms with Gasteiger partial charge in [-0.1, -0.05) is 0 Å². The highest BCUT2D eigenvalue weighted by Gasteiger charge is 2.28. The zero-order valence-electron chi connectivity index (χ0n) is 28.0. The molecule has 0 atom stereocenters. The van der Waals surface area contributed by atoms with Gasteiger partial charge in [-0.3, -0.25) is 0 Å². The lowest BCUT2D eigenvalue weighted by Gasteiger charge is -2.31. The van der Waals surface area contributed by atoms with E-state index in [4.69, 9.17) is 0 Å². The van der Waals surface area contributed by atoms with E-state index >= 15 is 0 Å².